The zero-order valence-electron chi connectivity index (χ0n) is 12.8. The van der Waals surface area contributed by atoms with Gasteiger partial charge in [0.1, 0.15) is 5.56 Å². The third-order valence-electron chi connectivity index (χ3n) is 4.12. The molecular formula is C15H18N4O3. The zero-order chi connectivity index (χ0) is 16.0. The monoisotopic (exact) mass is 302 g/mol. The minimum atomic E-state index is -0.800. The van der Waals surface area contributed by atoms with Crippen LogP contribution in [0.4, 0.5) is 0 Å². The van der Waals surface area contributed by atoms with Gasteiger partial charge in [-0.25, -0.2) is 9.50 Å². The van der Waals surface area contributed by atoms with Crippen LogP contribution < -0.4 is 5.32 Å². The Bertz CT molecular complexity index is 775. The molecule has 2 N–H and O–H groups in total. The van der Waals surface area contributed by atoms with Gasteiger partial charge in [-0.2, -0.15) is 5.10 Å². The lowest BCUT2D eigenvalue weighted by Gasteiger charge is -2.32. The number of fused-ring (bicyclic) bond motifs is 1. The first-order valence-corrected chi connectivity index (χ1v) is 7.24. The van der Waals surface area contributed by atoms with E-state index >= 15 is 0 Å². The molecule has 0 saturated heterocycles. The van der Waals surface area contributed by atoms with Crippen molar-refractivity contribution in [2.75, 3.05) is 0 Å². The van der Waals surface area contributed by atoms with Gasteiger partial charge in [-0.3, -0.25) is 9.59 Å². The van der Waals surface area contributed by atoms with Gasteiger partial charge in [0.25, 0.3) is 5.91 Å². The van der Waals surface area contributed by atoms with Crippen molar-refractivity contribution in [3.63, 3.8) is 0 Å². The van der Waals surface area contributed by atoms with E-state index < -0.39 is 5.97 Å². The molecule has 7 nitrogen and oxygen atoms in total. The van der Waals surface area contributed by atoms with Crippen LogP contribution in [0.15, 0.2) is 6.07 Å². The quantitative estimate of drug-likeness (QED) is 0.889. The van der Waals surface area contributed by atoms with E-state index in [4.69, 9.17) is 5.11 Å². The van der Waals surface area contributed by atoms with Crippen molar-refractivity contribution < 1.29 is 14.7 Å². The number of hydrogen-bond donors (Lipinski definition) is 2. The number of carboxylic acid groups (broad SMARTS) is 1. The first-order valence-electron chi connectivity index (χ1n) is 7.24. The van der Waals surface area contributed by atoms with E-state index in [9.17, 15) is 9.59 Å². The van der Waals surface area contributed by atoms with Gasteiger partial charge in [-0.05, 0) is 39.7 Å². The van der Waals surface area contributed by atoms with Crippen molar-refractivity contribution >= 4 is 17.5 Å². The van der Waals surface area contributed by atoms with Crippen molar-refractivity contribution in [3.8, 4) is 0 Å². The summed E-state index contributed by atoms with van der Waals surface area (Å²) >= 11 is 0. The number of nitrogens with zero attached hydrogens (tertiary/aromatic N) is 3. The van der Waals surface area contributed by atoms with E-state index in [-0.39, 0.29) is 17.9 Å². The summed E-state index contributed by atoms with van der Waals surface area (Å²) in [6, 6.07) is 1.82. The van der Waals surface area contributed by atoms with Gasteiger partial charge < -0.3 is 10.4 Å². The fraction of sp³-hybridized carbons (Fsp3) is 0.467. The number of aliphatic carboxylic acids is 1. The predicted octanol–water partition coefficient (Wildman–Crippen LogP) is 1.25. The number of carbonyl (C=O) groups is 2. The molecule has 2 heterocycles. The smallest absolute Gasteiger partial charge is 0.306 e. The predicted molar refractivity (Wildman–Crippen MR) is 78.8 cm³/mol. The number of aromatic nitrogens is 3. The first-order chi connectivity index (χ1) is 10.4. The van der Waals surface area contributed by atoms with Gasteiger partial charge >= 0.3 is 5.97 Å². The summed E-state index contributed by atoms with van der Waals surface area (Å²) in [5.41, 5.74) is 3.37. The second-order valence-corrected chi connectivity index (χ2v) is 5.91. The molecule has 0 aromatic carbocycles. The maximum absolute atomic E-state index is 12.5. The van der Waals surface area contributed by atoms with Gasteiger partial charge in [0.15, 0.2) is 5.65 Å². The molecule has 1 aliphatic carbocycles. The Morgan fingerprint density at radius 3 is 2.64 bits per heavy atom. The van der Waals surface area contributed by atoms with Crippen LogP contribution in [0.3, 0.4) is 0 Å². The van der Waals surface area contributed by atoms with Crippen LogP contribution in [-0.2, 0) is 4.79 Å². The van der Waals surface area contributed by atoms with Crippen molar-refractivity contribution in [2.45, 2.75) is 39.7 Å². The molecule has 1 saturated carbocycles. The Balaban J connectivity index is 1.86. The second kappa shape index (κ2) is 5.08. The molecule has 0 atom stereocenters. The third-order valence-corrected chi connectivity index (χ3v) is 4.12. The standard InChI is InChI=1S/C15H18N4O3/c1-7-4-8(2)19-13(16-7)12(9(3)18-19)14(20)17-11-5-10(6-11)15(21)22/h4,10-11H,5-6H2,1-3H3,(H,17,20)(H,21,22). The Hall–Kier alpha value is -2.44. The number of amides is 1. The molecule has 0 radical (unpaired) electrons. The Kier molecular flexibility index (Phi) is 3.35. The zero-order valence-corrected chi connectivity index (χ0v) is 12.8. The molecular weight excluding hydrogens is 284 g/mol. The van der Waals surface area contributed by atoms with Gasteiger partial charge in [-0.1, -0.05) is 0 Å². The summed E-state index contributed by atoms with van der Waals surface area (Å²) in [7, 11) is 0. The lowest BCUT2D eigenvalue weighted by atomic mass is 9.80. The van der Waals surface area contributed by atoms with Crippen LogP contribution in [0.25, 0.3) is 5.65 Å². The summed E-state index contributed by atoms with van der Waals surface area (Å²) in [6.07, 6.45) is 0.954. The highest BCUT2D eigenvalue weighted by atomic mass is 16.4. The molecule has 116 valence electrons. The summed E-state index contributed by atoms with van der Waals surface area (Å²) in [5, 5.41) is 16.1. The average Bonchev–Trinajstić information content (AvgIpc) is 2.69. The van der Waals surface area contributed by atoms with E-state index in [1.165, 1.54) is 0 Å². The number of carbonyl (C=O) groups excluding carboxylic acids is 1. The fourth-order valence-electron chi connectivity index (χ4n) is 2.89. The number of carboxylic acids is 1. The maximum Gasteiger partial charge on any atom is 0.306 e. The lowest BCUT2D eigenvalue weighted by molar-refractivity contribution is -0.145. The summed E-state index contributed by atoms with van der Waals surface area (Å²) in [6.45, 7) is 5.57. The minimum Gasteiger partial charge on any atom is -0.481 e. The van der Waals surface area contributed by atoms with Gasteiger partial charge in [0.2, 0.25) is 0 Å². The van der Waals surface area contributed by atoms with Crippen molar-refractivity contribution in [3.05, 3.63) is 28.7 Å². The minimum absolute atomic E-state index is 0.0890. The molecule has 0 aliphatic heterocycles. The maximum atomic E-state index is 12.5. The van der Waals surface area contributed by atoms with Crippen LogP contribution >= 0.6 is 0 Å². The van der Waals surface area contributed by atoms with Crippen LogP contribution in [-0.4, -0.2) is 37.6 Å². The average molecular weight is 302 g/mol. The summed E-state index contributed by atoms with van der Waals surface area (Å²) in [4.78, 5) is 27.7. The van der Waals surface area contributed by atoms with E-state index in [2.05, 4.69) is 15.4 Å². The van der Waals surface area contributed by atoms with Crippen molar-refractivity contribution in [1.82, 2.24) is 19.9 Å². The molecule has 0 bridgehead atoms. The van der Waals surface area contributed by atoms with Crippen LogP contribution in [0.1, 0.15) is 40.3 Å². The molecule has 1 amide bonds. The molecule has 22 heavy (non-hydrogen) atoms. The van der Waals surface area contributed by atoms with Gasteiger partial charge in [0.05, 0.1) is 11.6 Å². The molecule has 2 aromatic heterocycles. The van der Waals surface area contributed by atoms with Gasteiger partial charge in [-0.15, -0.1) is 0 Å². The van der Waals surface area contributed by atoms with E-state index in [0.29, 0.717) is 29.7 Å². The Morgan fingerprint density at radius 1 is 1.32 bits per heavy atom. The molecule has 3 rings (SSSR count). The molecule has 0 spiro atoms. The molecule has 1 aliphatic rings. The van der Waals surface area contributed by atoms with Crippen molar-refractivity contribution in [1.29, 1.82) is 0 Å². The van der Waals surface area contributed by atoms with Crippen molar-refractivity contribution in [2.24, 2.45) is 5.92 Å². The number of rotatable bonds is 3. The molecule has 7 heteroatoms. The highest BCUT2D eigenvalue weighted by Gasteiger charge is 2.36. The first kappa shape index (κ1) is 14.5. The molecule has 0 unspecified atom stereocenters. The van der Waals surface area contributed by atoms with Crippen LogP contribution in [0.5, 0.6) is 0 Å². The number of nitrogens with one attached hydrogen (secondary N) is 1. The summed E-state index contributed by atoms with van der Waals surface area (Å²) in [5.74, 6) is -1.39. The topological polar surface area (TPSA) is 96.6 Å². The molecule has 2 aromatic rings. The van der Waals surface area contributed by atoms with E-state index in [1.54, 1.807) is 11.4 Å². The van der Waals surface area contributed by atoms with E-state index in [1.807, 2.05) is 19.9 Å². The number of hydrogen-bond acceptors (Lipinski definition) is 4. The highest BCUT2D eigenvalue weighted by molar-refractivity contribution is 6.01. The fourth-order valence-corrected chi connectivity index (χ4v) is 2.89. The lowest BCUT2D eigenvalue weighted by Crippen LogP contribution is -2.46. The van der Waals surface area contributed by atoms with Crippen LogP contribution in [0, 0.1) is 26.7 Å². The Morgan fingerprint density at radius 2 is 2.00 bits per heavy atom. The largest absolute Gasteiger partial charge is 0.481 e. The number of aryl methyl sites for hydroxylation is 3. The Labute approximate surface area is 127 Å². The normalized spacial score (nSPS) is 20.7. The van der Waals surface area contributed by atoms with Gasteiger partial charge in [0, 0.05) is 17.4 Å². The SMILES string of the molecule is Cc1cc(C)n2nc(C)c(C(=O)NC3CC(C(=O)O)C3)c2n1. The molecule has 1 fully saturated rings. The third kappa shape index (κ3) is 2.32. The summed E-state index contributed by atoms with van der Waals surface area (Å²) < 4.78 is 1.66. The second-order valence-electron chi connectivity index (χ2n) is 5.91. The highest BCUT2D eigenvalue weighted by Crippen LogP contribution is 2.28. The van der Waals surface area contributed by atoms with Crippen LogP contribution in [0.2, 0.25) is 0 Å². The van der Waals surface area contributed by atoms with E-state index in [0.717, 1.165) is 11.4 Å².